The number of hydrogen-bond acceptors (Lipinski definition) is 1. The lowest BCUT2D eigenvalue weighted by Crippen LogP contribution is -2.25. The number of halogens is 1. The molecule has 1 aromatic carbocycles. The molecule has 0 aliphatic heterocycles. The fourth-order valence-corrected chi connectivity index (χ4v) is 1.74. The van der Waals surface area contributed by atoms with Crippen molar-refractivity contribution < 1.29 is 4.39 Å². The minimum Gasteiger partial charge on any atom is -0.379 e. The Labute approximate surface area is 91.7 Å². The SMILES string of the molecule is CCC(Nc1c(C)cccc1F)C(C)C. The van der Waals surface area contributed by atoms with E-state index in [1.54, 1.807) is 6.07 Å². The van der Waals surface area contributed by atoms with Gasteiger partial charge in [-0.25, -0.2) is 4.39 Å². The lowest BCUT2D eigenvalue weighted by Gasteiger charge is -2.23. The average Bonchev–Trinajstić information content (AvgIpc) is 2.17. The van der Waals surface area contributed by atoms with E-state index < -0.39 is 0 Å². The quantitative estimate of drug-likeness (QED) is 0.791. The molecular formula is C13H20FN. The normalized spacial score (nSPS) is 12.9. The van der Waals surface area contributed by atoms with Gasteiger partial charge in [-0.15, -0.1) is 0 Å². The fourth-order valence-electron chi connectivity index (χ4n) is 1.74. The summed E-state index contributed by atoms with van der Waals surface area (Å²) in [5, 5.41) is 3.29. The number of nitrogens with one attached hydrogen (secondary N) is 1. The van der Waals surface area contributed by atoms with E-state index in [9.17, 15) is 4.39 Å². The maximum atomic E-state index is 13.5. The van der Waals surface area contributed by atoms with Gasteiger partial charge in [0.2, 0.25) is 0 Å². The van der Waals surface area contributed by atoms with Gasteiger partial charge in [0, 0.05) is 6.04 Å². The molecule has 0 radical (unpaired) electrons. The van der Waals surface area contributed by atoms with Crippen LogP contribution in [-0.2, 0) is 0 Å². The Morgan fingerprint density at radius 3 is 2.47 bits per heavy atom. The number of benzene rings is 1. The molecule has 0 heterocycles. The van der Waals surface area contributed by atoms with Crippen LogP contribution in [0, 0.1) is 18.7 Å². The van der Waals surface area contributed by atoms with Crippen LogP contribution in [-0.4, -0.2) is 6.04 Å². The van der Waals surface area contributed by atoms with Crippen LogP contribution in [0.3, 0.4) is 0 Å². The Hall–Kier alpha value is -1.05. The van der Waals surface area contributed by atoms with E-state index in [1.807, 2.05) is 13.0 Å². The van der Waals surface area contributed by atoms with Crippen LogP contribution in [0.15, 0.2) is 18.2 Å². The van der Waals surface area contributed by atoms with E-state index in [2.05, 4.69) is 26.1 Å². The number of anilines is 1. The van der Waals surface area contributed by atoms with Gasteiger partial charge in [0.05, 0.1) is 5.69 Å². The summed E-state index contributed by atoms with van der Waals surface area (Å²) in [6.45, 7) is 8.35. The van der Waals surface area contributed by atoms with Crippen molar-refractivity contribution in [2.24, 2.45) is 5.92 Å². The van der Waals surface area contributed by atoms with Crippen molar-refractivity contribution >= 4 is 5.69 Å². The van der Waals surface area contributed by atoms with Crippen molar-refractivity contribution in [1.82, 2.24) is 0 Å². The van der Waals surface area contributed by atoms with Crippen molar-refractivity contribution in [2.75, 3.05) is 5.32 Å². The summed E-state index contributed by atoms with van der Waals surface area (Å²) < 4.78 is 13.5. The lowest BCUT2D eigenvalue weighted by molar-refractivity contribution is 0.506. The van der Waals surface area contributed by atoms with Gasteiger partial charge in [-0.3, -0.25) is 0 Å². The molecule has 0 saturated carbocycles. The third kappa shape index (κ3) is 2.95. The van der Waals surface area contributed by atoms with Gasteiger partial charge in [-0.1, -0.05) is 32.9 Å². The first-order chi connectivity index (χ1) is 7.06. The van der Waals surface area contributed by atoms with Crippen LogP contribution < -0.4 is 5.32 Å². The Balaban J connectivity index is 2.87. The maximum absolute atomic E-state index is 13.5. The molecular weight excluding hydrogens is 189 g/mol. The van der Waals surface area contributed by atoms with Crippen LogP contribution in [0.25, 0.3) is 0 Å². The predicted octanol–water partition coefficient (Wildman–Crippen LogP) is 3.98. The highest BCUT2D eigenvalue weighted by Crippen LogP contribution is 2.22. The van der Waals surface area contributed by atoms with E-state index in [0.29, 0.717) is 17.6 Å². The van der Waals surface area contributed by atoms with E-state index >= 15 is 0 Å². The maximum Gasteiger partial charge on any atom is 0.146 e. The highest BCUT2D eigenvalue weighted by molar-refractivity contribution is 5.52. The summed E-state index contributed by atoms with van der Waals surface area (Å²) in [5.41, 5.74) is 1.62. The summed E-state index contributed by atoms with van der Waals surface area (Å²) in [6.07, 6.45) is 1.01. The molecule has 0 aliphatic carbocycles. The third-order valence-corrected chi connectivity index (χ3v) is 2.80. The minimum absolute atomic E-state index is 0.158. The molecule has 0 bridgehead atoms. The first-order valence-corrected chi connectivity index (χ1v) is 5.58. The smallest absolute Gasteiger partial charge is 0.146 e. The molecule has 1 N–H and O–H groups in total. The first kappa shape index (κ1) is 12.0. The largest absolute Gasteiger partial charge is 0.379 e. The van der Waals surface area contributed by atoms with Gasteiger partial charge in [0.25, 0.3) is 0 Å². The van der Waals surface area contributed by atoms with Gasteiger partial charge in [-0.2, -0.15) is 0 Å². The molecule has 15 heavy (non-hydrogen) atoms. The monoisotopic (exact) mass is 209 g/mol. The molecule has 84 valence electrons. The number of aryl methyl sites for hydroxylation is 1. The van der Waals surface area contributed by atoms with Crippen molar-refractivity contribution in [3.63, 3.8) is 0 Å². The standard InChI is InChI=1S/C13H20FN/c1-5-12(9(2)3)15-13-10(4)7-6-8-11(13)14/h6-9,12,15H,5H2,1-4H3. The Morgan fingerprint density at radius 2 is 2.00 bits per heavy atom. The zero-order valence-corrected chi connectivity index (χ0v) is 9.97. The molecule has 1 nitrogen and oxygen atoms in total. The number of para-hydroxylation sites is 1. The molecule has 0 aromatic heterocycles. The number of rotatable bonds is 4. The van der Waals surface area contributed by atoms with Crippen molar-refractivity contribution in [3.05, 3.63) is 29.6 Å². The first-order valence-electron chi connectivity index (χ1n) is 5.58. The van der Waals surface area contributed by atoms with Crippen LogP contribution in [0.5, 0.6) is 0 Å². The zero-order chi connectivity index (χ0) is 11.4. The third-order valence-electron chi connectivity index (χ3n) is 2.80. The number of hydrogen-bond donors (Lipinski definition) is 1. The van der Waals surface area contributed by atoms with Crippen molar-refractivity contribution in [1.29, 1.82) is 0 Å². The van der Waals surface area contributed by atoms with Crippen molar-refractivity contribution in [3.8, 4) is 0 Å². The summed E-state index contributed by atoms with van der Waals surface area (Å²) in [4.78, 5) is 0. The van der Waals surface area contributed by atoms with Gasteiger partial charge in [0.1, 0.15) is 5.82 Å². The molecule has 1 aromatic rings. The van der Waals surface area contributed by atoms with Gasteiger partial charge in [0.15, 0.2) is 0 Å². The zero-order valence-electron chi connectivity index (χ0n) is 9.97. The summed E-state index contributed by atoms with van der Waals surface area (Å²) >= 11 is 0. The van der Waals surface area contributed by atoms with Crippen LogP contribution in [0.4, 0.5) is 10.1 Å². The van der Waals surface area contributed by atoms with Gasteiger partial charge in [-0.05, 0) is 30.9 Å². The molecule has 0 saturated heterocycles. The van der Waals surface area contributed by atoms with Gasteiger partial charge >= 0.3 is 0 Å². The second-order valence-electron chi connectivity index (χ2n) is 4.33. The molecule has 0 aliphatic rings. The predicted molar refractivity (Wildman–Crippen MR) is 63.7 cm³/mol. The minimum atomic E-state index is -0.158. The Morgan fingerprint density at radius 1 is 1.33 bits per heavy atom. The molecule has 0 fully saturated rings. The second kappa shape index (κ2) is 5.15. The average molecular weight is 209 g/mol. The molecule has 0 amide bonds. The van der Waals surface area contributed by atoms with E-state index in [1.165, 1.54) is 6.07 Å². The molecule has 1 unspecified atom stereocenters. The summed E-state index contributed by atoms with van der Waals surface area (Å²) in [5.74, 6) is 0.350. The molecule has 2 heteroatoms. The Bertz CT molecular complexity index is 300. The van der Waals surface area contributed by atoms with E-state index in [0.717, 1.165) is 12.0 Å². The highest BCUT2D eigenvalue weighted by Gasteiger charge is 2.13. The van der Waals surface area contributed by atoms with Gasteiger partial charge < -0.3 is 5.32 Å². The molecule has 1 atom stereocenters. The lowest BCUT2D eigenvalue weighted by atomic mass is 10.0. The fraction of sp³-hybridized carbons (Fsp3) is 0.538. The van der Waals surface area contributed by atoms with E-state index in [-0.39, 0.29) is 5.82 Å². The van der Waals surface area contributed by atoms with E-state index in [4.69, 9.17) is 0 Å². The highest BCUT2D eigenvalue weighted by atomic mass is 19.1. The topological polar surface area (TPSA) is 12.0 Å². The van der Waals surface area contributed by atoms with Crippen LogP contribution in [0.1, 0.15) is 32.8 Å². The summed E-state index contributed by atoms with van der Waals surface area (Å²) in [6, 6.07) is 5.51. The van der Waals surface area contributed by atoms with Crippen molar-refractivity contribution in [2.45, 2.75) is 40.2 Å². The van der Waals surface area contributed by atoms with Crippen LogP contribution >= 0.6 is 0 Å². The molecule has 1 rings (SSSR count). The molecule has 0 spiro atoms. The van der Waals surface area contributed by atoms with Crippen LogP contribution in [0.2, 0.25) is 0 Å². The second-order valence-corrected chi connectivity index (χ2v) is 4.33. The Kier molecular flexibility index (Phi) is 4.13. The summed E-state index contributed by atoms with van der Waals surface area (Å²) in [7, 11) is 0.